The number of hydrogen-bond acceptors (Lipinski definition) is 3. The van der Waals surface area contributed by atoms with Gasteiger partial charge in [-0.1, -0.05) is 6.07 Å². The Morgan fingerprint density at radius 3 is 3.00 bits per heavy atom. The average Bonchev–Trinajstić information content (AvgIpc) is 2.19. The lowest BCUT2D eigenvalue weighted by molar-refractivity contribution is -0.125. The molecule has 0 saturated heterocycles. The molecule has 0 spiro atoms. The first kappa shape index (κ1) is 10.7. The second-order valence-corrected chi connectivity index (χ2v) is 2.98. The van der Waals surface area contributed by atoms with E-state index in [4.69, 9.17) is 4.74 Å². The Labute approximate surface area is 83.3 Å². The van der Waals surface area contributed by atoms with Crippen LogP contribution in [-0.2, 0) is 9.53 Å². The molecular weight excluding hydrogens is 180 g/mol. The lowest BCUT2D eigenvalue weighted by Crippen LogP contribution is -2.30. The van der Waals surface area contributed by atoms with Crippen molar-refractivity contribution in [2.24, 2.45) is 0 Å². The highest BCUT2D eigenvalue weighted by atomic mass is 16.5. The van der Waals surface area contributed by atoms with E-state index >= 15 is 0 Å². The molecule has 1 aromatic rings. The highest BCUT2D eigenvalue weighted by Gasteiger charge is 2.09. The number of carbonyl (C=O) groups excluding carboxylic acids is 1. The summed E-state index contributed by atoms with van der Waals surface area (Å²) in [4.78, 5) is 15.3. The first-order chi connectivity index (χ1) is 6.74. The number of rotatable bonds is 4. The van der Waals surface area contributed by atoms with Crippen molar-refractivity contribution >= 4 is 5.91 Å². The first-order valence-corrected chi connectivity index (χ1v) is 4.43. The van der Waals surface area contributed by atoms with Crippen LogP contribution in [0.25, 0.3) is 0 Å². The zero-order chi connectivity index (χ0) is 10.4. The lowest BCUT2D eigenvalue weighted by atomic mass is 10.2. The topological polar surface area (TPSA) is 51.2 Å². The van der Waals surface area contributed by atoms with Crippen LogP contribution in [0.4, 0.5) is 0 Å². The van der Waals surface area contributed by atoms with Crippen molar-refractivity contribution in [3.8, 4) is 0 Å². The van der Waals surface area contributed by atoms with Crippen LogP contribution in [0.1, 0.15) is 18.7 Å². The molecule has 0 aliphatic heterocycles. The molecule has 0 aliphatic carbocycles. The summed E-state index contributed by atoms with van der Waals surface area (Å²) in [5.41, 5.74) is 0.844. The lowest BCUT2D eigenvalue weighted by Gasteiger charge is -2.12. The molecule has 4 heteroatoms. The molecule has 1 aromatic heterocycles. The molecule has 0 bridgehead atoms. The van der Waals surface area contributed by atoms with Gasteiger partial charge in [0.25, 0.3) is 0 Å². The molecule has 1 atom stereocenters. The number of pyridine rings is 1. The molecule has 76 valence electrons. The van der Waals surface area contributed by atoms with Crippen molar-refractivity contribution in [2.75, 3.05) is 13.7 Å². The Balaban J connectivity index is 2.50. The minimum Gasteiger partial charge on any atom is -0.375 e. The number of hydrogen-bond donors (Lipinski definition) is 1. The fourth-order valence-electron chi connectivity index (χ4n) is 1.12. The molecular formula is C10H14N2O2. The third kappa shape index (κ3) is 3.14. The molecule has 1 amide bonds. The summed E-state index contributed by atoms with van der Waals surface area (Å²) < 4.78 is 4.71. The minimum atomic E-state index is -0.134. The van der Waals surface area contributed by atoms with E-state index in [9.17, 15) is 4.79 Å². The number of methoxy groups -OCH3 is 1. The Morgan fingerprint density at radius 1 is 1.64 bits per heavy atom. The van der Waals surface area contributed by atoms with Crippen LogP contribution in [0.2, 0.25) is 0 Å². The van der Waals surface area contributed by atoms with Crippen LogP contribution in [0.15, 0.2) is 24.4 Å². The molecule has 0 fully saturated rings. The first-order valence-electron chi connectivity index (χ1n) is 4.43. The highest BCUT2D eigenvalue weighted by molar-refractivity contribution is 5.77. The molecule has 0 aromatic carbocycles. The fourth-order valence-corrected chi connectivity index (χ4v) is 1.12. The largest absolute Gasteiger partial charge is 0.375 e. The summed E-state index contributed by atoms with van der Waals surface area (Å²) in [6, 6.07) is 5.52. The van der Waals surface area contributed by atoms with E-state index in [1.165, 1.54) is 7.11 Å². The Morgan fingerprint density at radius 2 is 2.43 bits per heavy atom. The normalized spacial score (nSPS) is 12.1. The summed E-state index contributed by atoms with van der Waals surface area (Å²) in [6.07, 6.45) is 1.70. The van der Waals surface area contributed by atoms with Gasteiger partial charge in [0.05, 0.1) is 11.7 Å². The Hall–Kier alpha value is -1.42. The monoisotopic (exact) mass is 194 g/mol. The molecule has 0 aliphatic rings. The van der Waals surface area contributed by atoms with Crippen molar-refractivity contribution < 1.29 is 9.53 Å². The molecule has 0 radical (unpaired) electrons. The molecule has 0 unspecified atom stereocenters. The molecule has 1 N–H and O–H groups in total. The van der Waals surface area contributed by atoms with Crippen molar-refractivity contribution in [2.45, 2.75) is 13.0 Å². The zero-order valence-electron chi connectivity index (χ0n) is 8.36. The minimum absolute atomic E-state index is 0.0805. The summed E-state index contributed by atoms with van der Waals surface area (Å²) in [5, 5.41) is 2.77. The summed E-state index contributed by atoms with van der Waals surface area (Å²) >= 11 is 0. The molecule has 4 nitrogen and oxygen atoms in total. The van der Waals surface area contributed by atoms with Gasteiger partial charge >= 0.3 is 0 Å². The van der Waals surface area contributed by atoms with Gasteiger partial charge in [-0.2, -0.15) is 0 Å². The summed E-state index contributed by atoms with van der Waals surface area (Å²) in [5.74, 6) is -0.134. The van der Waals surface area contributed by atoms with E-state index < -0.39 is 0 Å². The Kier molecular flexibility index (Phi) is 4.07. The molecule has 14 heavy (non-hydrogen) atoms. The number of nitrogens with zero attached hydrogens (tertiary/aromatic N) is 1. The highest BCUT2D eigenvalue weighted by Crippen LogP contribution is 2.06. The average molecular weight is 194 g/mol. The van der Waals surface area contributed by atoms with Crippen LogP contribution in [0.5, 0.6) is 0 Å². The SMILES string of the molecule is COCC(=O)N[C@H](C)c1ccccn1. The Bertz CT molecular complexity index is 287. The zero-order valence-corrected chi connectivity index (χ0v) is 8.36. The van der Waals surface area contributed by atoms with E-state index in [-0.39, 0.29) is 18.6 Å². The van der Waals surface area contributed by atoms with Gasteiger partial charge in [-0.3, -0.25) is 9.78 Å². The van der Waals surface area contributed by atoms with E-state index in [0.29, 0.717) is 0 Å². The fraction of sp³-hybridized carbons (Fsp3) is 0.400. The molecule has 1 heterocycles. The van der Waals surface area contributed by atoms with Crippen LogP contribution in [-0.4, -0.2) is 24.6 Å². The van der Waals surface area contributed by atoms with Gasteiger partial charge in [-0.15, -0.1) is 0 Å². The van der Waals surface area contributed by atoms with E-state index in [1.807, 2.05) is 25.1 Å². The third-order valence-corrected chi connectivity index (χ3v) is 1.78. The maximum Gasteiger partial charge on any atom is 0.246 e. The summed E-state index contributed by atoms with van der Waals surface area (Å²) in [7, 11) is 1.49. The number of nitrogens with one attached hydrogen (secondary N) is 1. The molecule has 1 rings (SSSR count). The second-order valence-electron chi connectivity index (χ2n) is 2.98. The maximum atomic E-state index is 11.2. The van der Waals surface area contributed by atoms with E-state index in [0.717, 1.165) is 5.69 Å². The van der Waals surface area contributed by atoms with Crippen molar-refractivity contribution in [1.29, 1.82) is 0 Å². The van der Waals surface area contributed by atoms with Crippen LogP contribution in [0, 0.1) is 0 Å². The van der Waals surface area contributed by atoms with Gasteiger partial charge in [-0.25, -0.2) is 0 Å². The van der Waals surface area contributed by atoms with Gasteiger partial charge in [-0.05, 0) is 19.1 Å². The number of ether oxygens (including phenoxy) is 1. The quantitative estimate of drug-likeness (QED) is 0.775. The predicted molar refractivity (Wildman–Crippen MR) is 52.7 cm³/mol. The van der Waals surface area contributed by atoms with Gasteiger partial charge in [0.2, 0.25) is 5.91 Å². The van der Waals surface area contributed by atoms with Gasteiger partial charge in [0.15, 0.2) is 0 Å². The van der Waals surface area contributed by atoms with Crippen LogP contribution < -0.4 is 5.32 Å². The summed E-state index contributed by atoms with van der Waals surface area (Å²) in [6.45, 7) is 1.97. The second kappa shape index (κ2) is 5.34. The predicted octanol–water partition coefficient (Wildman–Crippen LogP) is 0.905. The van der Waals surface area contributed by atoms with Crippen molar-refractivity contribution in [3.63, 3.8) is 0 Å². The molecule has 0 saturated carbocycles. The van der Waals surface area contributed by atoms with E-state index in [1.54, 1.807) is 6.20 Å². The standard InChI is InChI=1S/C10H14N2O2/c1-8(12-10(13)7-14-2)9-5-3-4-6-11-9/h3-6,8H,7H2,1-2H3,(H,12,13)/t8-/m1/s1. The van der Waals surface area contributed by atoms with Crippen molar-refractivity contribution in [3.05, 3.63) is 30.1 Å². The number of carbonyl (C=O) groups is 1. The van der Waals surface area contributed by atoms with Gasteiger partial charge < -0.3 is 10.1 Å². The van der Waals surface area contributed by atoms with E-state index in [2.05, 4.69) is 10.3 Å². The maximum absolute atomic E-state index is 11.2. The van der Waals surface area contributed by atoms with Gasteiger partial charge in [0.1, 0.15) is 6.61 Å². The third-order valence-electron chi connectivity index (χ3n) is 1.78. The number of amides is 1. The number of aromatic nitrogens is 1. The van der Waals surface area contributed by atoms with Crippen LogP contribution in [0.3, 0.4) is 0 Å². The smallest absolute Gasteiger partial charge is 0.246 e. The van der Waals surface area contributed by atoms with Gasteiger partial charge in [0, 0.05) is 13.3 Å². The van der Waals surface area contributed by atoms with Crippen molar-refractivity contribution in [1.82, 2.24) is 10.3 Å². The van der Waals surface area contributed by atoms with Crippen LogP contribution >= 0.6 is 0 Å².